The lowest BCUT2D eigenvalue weighted by molar-refractivity contribution is 0.471. The largest absolute Gasteiger partial charge is 0.316 e. The minimum Gasteiger partial charge on any atom is -0.316 e. The normalized spacial score (nSPS) is 13.2. The maximum Gasteiger partial charge on any atom is -0.00258 e. The summed E-state index contributed by atoms with van der Waals surface area (Å²) in [6, 6.07) is 0. The van der Waals surface area contributed by atoms with Crippen molar-refractivity contribution in [2.45, 2.75) is 47.0 Å². The molecule has 0 heterocycles. The molecule has 0 spiro atoms. The second kappa shape index (κ2) is 8.05. The van der Waals surface area contributed by atoms with Gasteiger partial charge in [0.1, 0.15) is 0 Å². The van der Waals surface area contributed by atoms with Crippen LogP contribution in [0, 0.1) is 11.8 Å². The molecule has 14 heavy (non-hydrogen) atoms. The zero-order chi connectivity index (χ0) is 11.0. The van der Waals surface area contributed by atoms with Gasteiger partial charge in [0.25, 0.3) is 0 Å². The number of allylic oxidation sites excluding steroid dienone is 1. The Morgan fingerprint density at radius 1 is 1.29 bits per heavy atom. The van der Waals surface area contributed by atoms with Crippen LogP contribution in [-0.2, 0) is 0 Å². The number of rotatable bonds is 8. The van der Waals surface area contributed by atoms with E-state index in [0.29, 0.717) is 0 Å². The molecule has 1 heteroatoms. The molecule has 1 atom stereocenters. The van der Waals surface area contributed by atoms with Crippen LogP contribution in [0.3, 0.4) is 0 Å². The first-order valence-electron chi connectivity index (χ1n) is 5.93. The van der Waals surface area contributed by atoms with Crippen LogP contribution in [0.15, 0.2) is 12.2 Å². The average Bonchev–Trinajstić information content (AvgIpc) is 2.12. The monoisotopic (exact) mass is 197 g/mol. The van der Waals surface area contributed by atoms with Crippen molar-refractivity contribution < 1.29 is 0 Å². The first-order chi connectivity index (χ1) is 6.56. The molecule has 1 N–H and O–H groups in total. The second-order valence-corrected chi connectivity index (χ2v) is 4.80. The van der Waals surface area contributed by atoms with E-state index in [1.807, 2.05) is 0 Å². The van der Waals surface area contributed by atoms with E-state index in [9.17, 15) is 0 Å². The standard InChI is InChI=1S/C13H27N/c1-6-12(4)9-13(5)7-8-14-10-11(2)3/h11,13-14H,4,6-10H2,1-3,5H3. The van der Waals surface area contributed by atoms with E-state index in [2.05, 4.69) is 39.6 Å². The lowest BCUT2D eigenvalue weighted by Gasteiger charge is -2.13. The molecule has 0 aliphatic carbocycles. The molecule has 84 valence electrons. The van der Waals surface area contributed by atoms with Crippen molar-refractivity contribution in [1.82, 2.24) is 5.32 Å². The van der Waals surface area contributed by atoms with Crippen molar-refractivity contribution in [2.75, 3.05) is 13.1 Å². The number of hydrogen-bond donors (Lipinski definition) is 1. The third kappa shape index (κ3) is 8.31. The minimum absolute atomic E-state index is 0.760. The molecule has 0 aliphatic rings. The Kier molecular flexibility index (Phi) is 7.87. The summed E-state index contributed by atoms with van der Waals surface area (Å²) in [7, 11) is 0. The first kappa shape index (κ1) is 13.7. The molecule has 0 rings (SSSR count). The molecule has 0 radical (unpaired) electrons. The van der Waals surface area contributed by atoms with E-state index in [1.54, 1.807) is 0 Å². The topological polar surface area (TPSA) is 12.0 Å². The zero-order valence-corrected chi connectivity index (χ0v) is 10.4. The molecule has 1 unspecified atom stereocenters. The van der Waals surface area contributed by atoms with E-state index < -0.39 is 0 Å². The second-order valence-electron chi connectivity index (χ2n) is 4.80. The lowest BCUT2D eigenvalue weighted by Crippen LogP contribution is -2.22. The Morgan fingerprint density at radius 3 is 2.43 bits per heavy atom. The highest BCUT2D eigenvalue weighted by Crippen LogP contribution is 2.14. The Bertz CT molecular complexity index is 149. The summed E-state index contributed by atoms with van der Waals surface area (Å²) in [5, 5.41) is 3.48. The SMILES string of the molecule is C=C(CC)CC(C)CCNCC(C)C. The Labute approximate surface area is 90.0 Å². The van der Waals surface area contributed by atoms with Crippen LogP contribution in [0.2, 0.25) is 0 Å². The molecule has 0 aliphatic heterocycles. The van der Waals surface area contributed by atoms with Gasteiger partial charge in [-0.3, -0.25) is 0 Å². The van der Waals surface area contributed by atoms with Gasteiger partial charge in [-0.25, -0.2) is 0 Å². The summed E-state index contributed by atoms with van der Waals surface area (Å²) in [4.78, 5) is 0. The lowest BCUT2D eigenvalue weighted by atomic mass is 9.97. The van der Waals surface area contributed by atoms with Gasteiger partial charge in [0, 0.05) is 0 Å². The van der Waals surface area contributed by atoms with Gasteiger partial charge in [-0.15, -0.1) is 0 Å². The van der Waals surface area contributed by atoms with Crippen LogP contribution in [0.5, 0.6) is 0 Å². The molecule has 0 aromatic rings. The molecule has 0 aromatic heterocycles. The van der Waals surface area contributed by atoms with Crippen LogP contribution in [-0.4, -0.2) is 13.1 Å². The predicted molar refractivity (Wildman–Crippen MR) is 65.5 cm³/mol. The summed E-state index contributed by atoms with van der Waals surface area (Å²) in [6.45, 7) is 15.3. The summed E-state index contributed by atoms with van der Waals surface area (Å²) in [5.74, 6) is 1.54. The van der Waals surface area contributed by atoms with Gasteiger partial charge in [0.15, 0.2) is 0 Å². The van der Waals surface area contributed by atoms with E-state index in [4.69, 9.17) is 0 Å². The predicted octanol–water partition coefficient (Wildman–Crippen LogP) is 3.61. The van der Waals surface area contributed by atoms with Gasteiger partial charge in [0.05, 0.1) is 0 Å². The maximum absolute atomic E-state index is 4.05. The smallest absolute Gasteiger partial charge is 0.00258 e. The van der Waals surface area contributed by atoms with Gasteiger partial charge in [-0.05, 0) is 44.2 Å². The Morgan fingerprint density at radius 2 is 1.93 bits per heavy atom. The summed E-state index contributed by atoms with van der Waals surface area (Å²) in [6.07, 6.45) is 3.59. The molecular weight excluding hydrogens is 170 g/mol. The quantitative estimate of drug-likeness (QED) is 0.463. The molecule has 0 amide bonds. The number of nitrogens with one attached hydrogen (secondary N) is 1. The van der Waals surface area contributed by atoms with E-state index in [1.165, 1.54) is 18.4 Å². The Hall–Kier alpha value is -0.300. The third-order valence-electron chi connectivity index (χ3n) is 2.50. The fourth-order valence-electron chi connectivity index (χ4n) is 1.48. The van der Waals surface area contributed by atoms with Crippen molar-refractivity contribution >= 4 is 0 Å². The molecule has 0 saturated heterocycles. The fraction of sp³-hybridized carbons (Fsp3) is 0.846. The van der Waals surface area contributed by atoms with Gasteiger partial charge >= 0.3 is 0 Å². The highest BCUT2D eigenvalue weighted by Gasteiger charge is 2.03. The van der Waals surface area contributed by atoms with Gasteiger partial charge in [-0.1, -0.05) is 39.8 Å². The van der Waals surface area contributed by atoms with Gasteiger partial charge in [0.2, 0.25) is 0 Å². The maximum atomic E-state index is 4.05. The summed E-state index contributed by atoms with van der Waals surface area (Å²) >= 11 is 0. The van der Waals surface area contributed by atoms with Crippen LogP contribution in [0.25, 0.3) is 0 Å². The van der Waals surface area contributed by atoms with Crippen molar-refractivity contribution in [3.8, 4) is 0 Å². The highest BCUT2D eigenvalue weighted by molar-refractivity contribution is 4.93. The van der Waals surface area contributed by atoms with Crippen molar-refractivity contribution in [3.05, 3.63) is 12.2 Å². The summed E-state index contributed by atoms with van der Waals surface area (Å²) < 4.78 is 0. The molecule has 0 saturated carbocycles. The van der Waals surface area contributed by atoms with Crippen LogP contribution >= 0.6 is 0 Å². The molecular formula is C13H27N. The zero-order valence-electron chi connectivity index (χ0n) is 10.4. The average molecular weight is 197 g/mol. The van der Waals surface area contributed by atoms with Crippen molar-refractivity contribution in [3.63, 3.8) is 0 Å². The minimum atomic E-state index is 0.760. The molecule has 1 nitrogen and oxygen atoms in total. The van der Waals surface area contributed by atoms with Crippen molar-refractivity contribution in [1.29, 1.82) is 0 Å². The summed E-state index contributed by atoms with van der Waals surface area (Å²) in [5.41, 5.74) is 1.39. The van der Waals surface area contributed by atoms with Crippen LogP contribution in [0.4, 0.5) is 0 Å². The van der Waals surface area contributed by atoms with E-state index in [-0.39, 0.29) is 0 Å². The third-order valence-corrected chi connectivity index (χ3v) is 2.50. The van der Waals surface area contributed by atoms with Gasteiger partial charge < -0.3 is 5.32 Å². The fourth-order valence-corrected chi connectivity index (χ4v) is 1.48. The van der Waals surface area contributed by atoms with E-state index >= 15 is 0 Å². The Balaban J connectivity index is 3.35. The number of hydrogen-bond acceptors (Lipinski definition) is 1. The first-order valence-corrected chi connectivity index (χ1v) is 5.93. The van der Waals surface area contributed by atoms with Crippen molar-refractivity contribution in [2.24, 2.45) is 11.8 Å². The van der Waals surface area contributed by atoms with Crippen LogP contribution in [0.1, 0.15) is 47.0 Å². The molecule has 0 bridgehead atoms. The van der Waals surface area contributed by atoms with Gasteiger partial charge in [-0.2, -0.15) is 0 Å². The molecule has 0 aromatic carbocycles. The highest BCUT2D eigenvalue weighted by atomic mass is 14.8. The van der Waals surface area contributed by atoms with Crippen LogP contribution < -0.4 is 5.32 Å². The van der Waals surface area contributed by atoms with E-state index in [0.717, 1.165) is 31.3 Å². The molecule has 0 fully saturated rings.